The first kappa shape index (κ1) is 23.2. The van der Waals surface area contributed by atoms with Crippen LogP contribution in [0.3, 0.4) is 0 Å². The molecule has 2 aromatic carbocycles. The average Bonchev–Trinajstić information content (AvgIpc) is 3.39. The van der Waals surface area contributed by atoms with Crippen LogP contribution < -0.4 is 4.74 Å². The SMILES string of the molecule is COc1ccc(-c2ccc(/C=C3\SC(=S)N([C@@H](C(=O)O)c4ccccc4)C3=O)o2)c([N+](=O)[O-])c1. The number of carboxylic acid groups (broad SMARTS) is 1. The van der Waals surface area contributed by atoms with E-state index in [0.717, 1.165) is 16.7 Å². The lowest BCUT2D eigenvalue weighted by Crippen LogP contribution is -2.37. The van der Waals surface area contributed by atoms with Crippen molar-refractivity contribution in [2.75, 3.05) is 7.11 Å². The summed E-state index contributed by atoms with van der Waals surface area (Å²) >= 11 is 6.26. The Bertz CT molecular complexity index is 1330. The van der Waals surface area contributed by atoms with Gasteiger partial charge in [-0.05, 0) is 29.8 Å². The number of rotatable bonds is 7. The van der Waals surface area contributed by atoms with E-state index in [1.165, 1.54) is 25.3 Å². The number of methoxy groups -OCH3 is 1. The number of ether oxygens (including phenoxy) is 1. The number of nitrogens with zero attached hydrogens (tertiary/aromatic N) is 2. The molecule has 11 heteroatoms. The molecule has 34 heavy (non-hydrogen) atoms. The third-order valence-corrected chi connectivity index (χ3v) is 6.33. The molecule has 1 aliphatic rings. The first-order chi connectivity index (χ1) is 16.3. The summed E-state index contributed by atoms with van der Waals surface area (Å²) in [5.74, 6) is -0.969. The summed E-state index contributed by atoms with van der Waals surface area (Å²) in [7, 11) is 1.41. The molecule has 172 valence electrons. The van der Waals surface area contributed by atoms with Gasteiger partial charge in [-0.1, -0.05) is 54.3 Å². The van der Waals surface area contributed by atoms with Gasteiger partial charge in [-0.3, -0.25) is 19.8 Å². The summed E-state index contributed by atoms with van der Waals surface area (Å²) in [4.78, 5) is 37.2. The number of hydrogen-bond donors (Lipinski definition) is 1. The molecule has 4 rings (SSSR count). The number of benzene rings is 2. The lowest BCUT2D eigenvalue weighted by Gasteiger charge is -2.23. The largest absolute Gasteiger partial charge is 0.497 e. The van der Waals surface area contributed by atoms with Crippen LogP contribution >= 0.6 is 24.0 Å². The zero-order valence-corrected chi connectivity index (χ0v) is 19.2. The number of amides is 1. The van der Waals surface area contributed by atoms with Crippen LogP contribution in [0.2, 0.25) is 0 Å². The first-order valence-corrected chi connectivity index (χ1v) is 11.0. The van der Waals surface area contributed by atoms with Crippen LogP contribution in [-0.4, -0.2) is 38.2 Å². The fourth-order valence-corrected chi connectivity index (χ4v) is 4.74. The van der Waals surface area contributed by atoms with Crippen molar-refractivity contribution in [2.45, 2.75) is 6.04 Å². The molecule has 9 nitrogen and oxygen atoms in total. The van der Waals surface area contributed by atoms with Crippen molar-refractivity contribution >= 4 is 51.9 Å². The molecule has 0 unspecified atom stereocenters. The smallest absolute Gasteiger partial charge is 0.331 e. The van der Waals surface area contributed by atoms with Gasteiger partial charge in [0.1, 0.15) is 21.6 Å². The third kappa shape index (κ3) is 4.43. The Morgan fingerprint density at radius 2 is 1.97 bits per heavy atom. The topological polar surface area (TPSA) is 123 Å². The van der Waals surface area contributed by atoms with E-state index in [2.05, 4.69) is 0 Å². The predicted molar refractivity (Wildman–Crippen MR) is 129 cm³/mol. The summed E-state index contributed by atoms with van der Waals surface area (Å²) in [5, 5.41) is 21.3. The highest BCUT2D eigenvalue weighted by Crippen LogP contribution is 2.39. The number of carbonyl (C=O) groups excluding carboxylic acids is 1. The number of carbonyl (C=O) groups is 2. The van der Waals surface area contributed by atoms with E-state index in [-0.39, 0.29) is 32.0 Å². The predicted octanol–water partition coefficient (Wildman–Crippen LogP) is 4.89. The molecule has 3 aromatic rings. The van der Waals surface area contributed by atoms with Crippen molar-refractivity contribution in [2.24, 2.45) is 0 Å². The Morgan fingerprint density at radius 1 is 1.24 bits per heavy atom. The monoisotopic (exact) mass is 496 g/mol. The van der Waals surface area contributed by atoms with E-state index in [9.17, 15) is 24.8 Å². The second-order valence-electron chi connectivity index (χ2n) is 7.05. The van der Waals surface area contributed by atoms with Crippen LogP contribution in [0.5, 0.6) is 5.75 Å². The third-order valence-electron chi connectivity index (χ3n) is 5.00. The van der Waals surface area contributed by atoms with Crippen LogP contribution in [0, 0.1) is 10.1 Å². The molecule has 0 spiro atoms. The molecule has 0 saturated carbocycles. The molecule has 2 heterocycles. The maximum atomic E-state index is 13.1. The number of furan rings is 1. The summed E-state index contributed by atoms with van der Waals surface area (Å²) in [6.45, 7) is 0. The number of thiocarbonyl (C=S) groups is 1. The summed E-state index contributed by atoms with van der Waals surface area (Å²) in [6.07, 6.45) is 1.43. The van der Waals surface area contributed by atoms with Crippen molar-refractivity contribution in [3.05, 3.63) is 87.0 Å². The van der Waals surface area contributed by atoms with Gasteiger partial charge >= 0.3 is 5.97 Å². The summed E-state index contributed by atoms with van der Waals surface area (Å²) in [5.41, 5.74) is 0.464. The molecule has 0 radical (unpaired) electrons. The Labute approximate surface area is 202 Å². The van der Waals surface area contributed by atoms with Gasteiger partial charge in [0, 0.05) is 6.08 Å². The van der Waals surface area contributed by atoms with Gasteiger partial charge in [0.15, 0.2) is 6.04 Å². The normalized spacial score (nSPS) is 15.6. The van der Waals surface area contributed by atoms with Gasteiger partial charge in [-0.25, -0.2) is 4.79 Å². The first-order valence-electron chi connectivity index (χ1n) is 9.77. The molecule has 0 aliphatic carbocycles. The molecular formula is C23H16N2O7S2. The van der Waals surface area contributed by atoms with Crippen molar-refractivity contribution in [3.8, 4) is 17.1 Å². The van der Waals surface area contributed by atoms with E-state index in [0.29, 0.717) is 11.3 Å². The number of carboxylic acids is 1. The Balaban J connectivity index is 1.65. The second kappa shape index (κ2) is 9.49. The average molecular weight is 497 g/mol. The van der Waals surface area contributed by atoms with E-state index >= 15 is 0 Å². The van der Waals surface area contributed by atoms with Crippen LogP contribution in [0.15, 0.2) is 70.0 Å². The van der Waals surface area contributed by atoms with Crippen molar-refractivity contribution in [3.63, 3.8) is 0 Å². The van der Waals surface area contributed by atoms with E-state index in [1.54, 1.807) is 48.5 Å². The maximum Gasteiger partial charge on any atom is 0.331 e. The van der Waals surface area contributed by atoms with Gasteiger partial charge in [-0.15, -0.1) is 0 Å². The zero-order valence-electron chi connectivity index (χ0n) is 17.5. The standard InChI is InChI=1S/C23H16N2O7S2/c1-31-14-7-9-16(17(11-14)25(29)30)18-10-8-15(32-18)12-19-21(26)24(23(33)34-19)20(22(27)28)13-5-3-2-4-6-13/h2-12,20H,1H3,(H,27,28)/b19-12-/t20-/m1/s1. The minimum absolute atomic E-state index is 0.102. The molecule has 1 aliphatic heterocycles. The minimum atomic E-state index is -1.27. The Kier molecular flexibility index (Phi) is 6.48. The fourth-order valence-electron chi connectivity index (χ4n) is 3.44. The number of hydrogen-bond acceptors (Lipinski definition) is 8. The number of aliphatic carboxylic acids is 1. The highest BCUT2D eigenvalue weighted by molar-refractivity contribution is 8.26. The fraction of sp³-hybridized carbons (Fsp3) is 0.0870. The lowest BCUT2D eigenvalue weighted by atomic mass is 10.1. The molecule has 0 bridgehead atoms. The van der Waals surface area contributed by atoms with Crippen LogP contribution in [-0.2, 0) is 9.59 Å². The van der Waals surface area contributed by atoms with Gasteiger partial charge < -0.3 is 14.3 Å². The summed E-state index contributed by atoms with van der Waals surface area (Å²) < 4.78 is 10.9. The van der Waals surface area contributed by atoms with Gasteiger partial charge in [-0.2, -0.15) is 0 Å². The quantitative estimate of drug-likeness (QED) is 0.211. The molecule has 1 N–H and O–H groups in total. The van der Waals surface area contributed by atoms with E-state index < -0.39 is 22.8 Å². The molecular weight excluding hydrogens is 480 g/mol. The van der Waals surface area contributed by atoms with Crippen LogP contribution in [0.25, 0.3) is 17.4 Å². The zero-order chi connectivity index (χ0) is 24.4. The molecule has 1 saturated heterocycles. The Morgan fingerprint density at radius 3 is 2.62 bits per heavy atom. The van der Waals surface area contributed by atoms with Crippen LogP contribution in [0.4, 0.5) is 5.69 Å². The van der Waals surface area contributed by atoms with Crippen molar-refractivity contribution in [1.29, 1.82) is 0 Å². The van der Waals surface area contributed by atoms with Gasteiger partial charge in [0.2, 0.25) is 0 Å². The van der Waals surface area contributed by atoms with Gasteiger partial charge in [0.05, 0.1) is 28.6 Å². The van der Waals surface area contributed by atoms with Crippen molar-refractivity contribution < 1.29 is 28.8 Å². The molecule has 1 atom stereocenters. The van der Waals surface area contributed by atoms with E-state index in [4.69, 9.17) is 21.4 Å². The highest BCUT2D eigenvalue weighted by Gasteiger charge is 2.41. The Hall–Kier alpha value is -3.96. The number of nitro groups is 1. The molecule has 1 aromatic heterocycles. The number of thioether (sulfide) groups is 1. The van der Waals surface area contributed by atoms with Gasteiger partial charge in [0.25, 0.3) is 11.6 Å². The highest BCUT2D eigenvalue weighted by atomic mass is 32.2. The molecule has 1 fully saturated rings. The minimum Gasteiger partial charge on any atom is -0.497 e. The van der Waals surface area contributed by atoms with Crippen LogP contribution in [0.1, 0.15) is 17.4 Å². The summed E-state index contributed by atoms with van der Waals surface area (Å²) in [6, 6.07) is 14.5. The number of nitro benzene ring substituents is 1. The second-order valence-corrected chi connectivity index (χ2v) is 8.72. The van der Waals surface area contributed by atoms with Crippen molar-refractivity contribution in [1.82, 2.24) is 4.90 Å². The lowest BCUT2D eigenvalue weighted by molar-refractivity contribution is -0.384. The molecule has 1 amide bonds. The van der Waals surface area contributed by atoms with E-state index in [1.807, 2.05) is 0 Å². The maximum absolute atomic E-state index is 13.1.